The topological polar surface area (TPSA) is 137 Å². The SMILES string of the molecule is N#Cc1ccccc1NC(=O)Oc1ccc(OC(=O)Nc2ccccc2C#N)nc1. The van der Waals surface area contributed by atoms with Crippen LogP contribution in [0, 0.1) is 22.7 Å². The molecule has 2 amide bonds. The molecule has 2 aromatic carbocycles. The number of amides is 2. The quantitative estimate of drug-likeness (QED) is 0.675. The number of nitrogens with zero attached hydrogens (tertiary/aromatic N) is 3. The zero-order chi connectivity index (χ0) is 21.3. The molecule has 0 saturated carbocycles. The number of para-hydroxylation sites is 2. The number of ether oxygens (including phenoxy) is 2. The lowest BCUT2D eigenvalue weighted by molar-refractivity contribution is 0.211. The summed E-state index contributed by atoms with van der Waals surface area (Å²) in [6.45, 7) is 0. The summed E-state index contributed by atoms with van der Waals surface area (Å²) in [6.07, 6.45) is -0.439. The second-order valence-corrected chi connectivity index (χ2v) is 5.68. The summed E-state index contributed by atoms with van der Waals surface area (Å²) in [7, 11) is 0. The van der Waals surface area contributed by atoms with E-state index in [2.05, 4.69) is 15.6 Å². The Morgan fingerprint density at radius 1 is 0.767 bits per heavy atom. The Labute approximate surface area is 171 Å². The summed E-state index contributed by atoms with van der Waals surface area (Å²) in [5.41, 5.74) is 1.20. The number of nitriles is 2. The van der Waals surface area contributed by atoms with Crippen molar-refractivity contribution in [1.29, 1.82) is 10.5 Å². The number of carbonyl (C=O) groups excluding carboxylic acids is 2. The number of nitrogens with one attached hydrogen (secondary N) is 2. The zero-order valence-electron chi connectivity index (χ0n) is 15.3. The van der Waals surface area contributed by atoms with Crippen LogP contribution in [0.4, 0.5) is 21.0 Å². The number of aromatic nitrogens is 1. The van der Waals surface area contributed by atoms with Gasteiger partial charge in [-0.15, -0.1) is 0 Å². The molecular formula is C21H13N5O4. The van der Waals surface area contributed by atoms with Gasteiger partial charge >= 0.3 is 12.2 Å². The molecule has 0 bridgehead atoms. The first kappa shape index (κ1) is 19.9. The maximum atomic E-state index is 12.0. The molecule has 2 N–H and O–H groups in total. The van der Waals surface area contributed by atoms with Gasteiger partial charge < -0.3 is 9.47 Å². The molecule has 0 saturated heterocycles. The normalized spacial score (nSPS) is 9.53. The van der Waals surface area contributed by atoms with Gasteiger partial charge in [-0.25, -0.2) is 14.6 Å². The summed E-state index contributed by atoms with van der Waals surface area (Å²) in [5, 5.41) is 23.0. The van der Waals surface area contributed by atoms with Gasteiger partial charge in [0.15, 0.2) is 5.75 Å². The molecule has 1 heterocycles. The van der Waals surface area contributed by atoms with Gasteiger partial charge in [0, 0.05) is 6.07 Å². The summed E-state index contributed by atoms with van der Waals surface area (Å²) < 4.78 is 10.1. The lowest BCUT2D eigenvalue weighted by Crippen LogP contribution is -2.19. The van der Waals surface area contributed by atoms with E-state index in [1.807, 2.05) is 12.1 Å². The minimum atomic E-state index is -0.829. The molecule has 0 aliphatic carbocycles. The van der Waals surface area contributed by atoms with E-state index in [1.165, 1.54) is 18.3 Å². The molecule has 30 heavy (non-hydrogen) atoms. The van der Waals surface area contributed by atoms with Crippen LogP contribution < -0.4 is 20.1 Å². The van der Waals surface area contributed by atoms with Gasteiger partial charge in [0.25, 0.3) is 0 Å². The average molecular weight is 399 g/mol. The van der Waals surface area contributed by atoms with Crippen molar-refractivity contribution >= 4 is 23.6 Å². The number of carbonyl (C=O) groups is 2. The molecule has 0 fully saturated rings. The Kier molecular flexibility index (Phi) is 6.19. The van der Waals surface area contributed by atoms with E-state index >= 15 is 0 Å². The first-order valence-corrected chi connectivity index (χ1v) is 8.51. The van der Waals surface area contributed by atoms with Crippen LogP contribution in [0.1, 0.15) is 11.1 Å². The fourth-order valence-corrected chi connectivity index (χ4v) is 2.34. The van der Waals surface area contributed by atoms with E-state index in [9.17, 15) is 9.59 Å². The number of anilines is 2. The Bertz CT molecular complexity index is 1070. The van der Waals surface area contributed by atoms with Crippen molar-refractivity contribution in [3.05, 3.63) is 78.0 Å². The number of pyridine rings is 1. The molecule has 9 nitrogen and oxygen atoms in total. The molecule has 0 spiro atoms. The van der Waals surface area contributed by atoms with Crippen LogP contribution in [-0.2, 0) is 0 Å². The van der Waals surface area contributed by atoms with Crippen molar-refractivity contribution < 1.29 is 19.1 Å². The molecule has 0 aliphatic heterocycles. The van der Waals surface area contributed by atoms with Gasteiger partial charge in [-0.05, 0) is 30.3 Å². The van der Waals surface area contributed by atoms with E-state index in [-0.39, 0.29) is 17.2 Å². The van der Waals surface area contributed by atoms with Crippen molar-refractivity contribution in [2.24, 2.45) is 0 Å². The summed E-state index contributed by atoms with van der Waals surface area (Å²) >= 11 is 0. The van der Waals surface area contributed by atoms with Crippen molar-refractivity contribution in [3.8, 4) is 23.8 Å². The third-order valence-electron chi connectivity index (χ3n) is 3.69. The van der Waals surface area contributed by atoms with E-state index in [0.717, 1.165) is 0 Å². The third-order valence-corrected chi connectivity index (χ3v) is 3.69. The zero-order valence-corrected chi connectivity index (χ0v) is 15.3. The average Bonchev–Trinajstić information content (AvgIpc) is 2.76. The molecule has 146 valence electrons. The second-order valence-electron chi connectivity index (χ2n) is 5.68. The molecule has 0 unspecified atom stereocenters. The van der Waals surface area contributed by atoms with E-state index < -0.39 is 12.2 Å². The summed E-state index contributed by atoms with van der Waals surface area (Å²) in [6, 6.07) is 19.6. The Hall–Kier alpha value is -4.89. The van der Waals surface area contributed by atoms with Gasteiger partial charge in [-0.2, -0.15) is 10.5 Å². The van der Waals surface area contributed by atoms with Crippen LogP contribution in [-0.4, -0.2) is 17.2 Å². The van der Waals surface area contributed by atoms with Gasteiger partial charge in [-0.1, -0.05) is 24.3 Å². The number of hydrogen-bond donors (Lipinski definition) is 2. The maximum Gasteiger partial charge on any atom is 0.418 e. The Morgan fingerprint density at radius 2 is 1.30 bits per heavy atom. The highest BCUT2D eigenvalue weighted by Crippen LogP contribution is 2.18. The van der Waals surface area contributed by atoms with Crippen LogP contribution >= 0.6 is 0 Å². The minimum absolute atomic E-state index is 0.0375. The Balaban J connectivity index is 1.57. The summed E-state index contributed by atoms with van der Waals surface area (Å²) in [4.78, 5) is 27.8. The summed E-state index contributed by atoms with van der Waals surface area (Å²) in [5.74, 6) is 0.0639. The molecule has 1 aromatic heterocycles. The molecule has 0 aliphatic rings. The molecule has 0 radical (unpaired) electrons. The lowest BCUT2D eigenvalue weighted by atomic mass is 10.2. The van der Waals surface area contributed by atoms with Gasteiger partial charge in [0.2, 0.25) is 5.88 Å². The highest BCUT2D eigenvalue weighted by molar-refractivity contribution is 5.88. The van der Waals surface area contributed by atoms with Crippen LogP contribution in [0.5, 0.6) is 11.6 Å². The highest BCUT2D eigenvalue weighted by atomic mass is 16.6. The van der Waals surface area contributed by atoms with Crippen LogP contribution in [0.3, 0.4) is 0 Å². The van der Waals surface area contributed by atoms with E-state index in [4.69, 9.17) is 20.0 Å². The molecular weight excluding hydrogens is 386 g/mol. The highest BCUT2D eigenvalue weighted by Gasteiger charge is 2.11. The predicted molar refractivity (Wildman–Crippen MR) is 106 cm³/mol. The second kappa shape index (κ2) is 9.35. The first-order valence-electron chi connectivity index (χ1n) is 8.51. The largest absolute Gasteiger partial charge is 0.418 e. The monoisotopic (exact) mass is 399 g/mol. The van der Waals surface area contributed by atoms with Crippen molar-refractivity contribution in [1.82, 2.24) is 4.98 Å². The predicted octanol–water partition coefficient (Wildman–Crippen LogP) is 4.05. The van der Waals surface area contributed by atoms with Gasteiger partial charge in [0.1, 0.15) is 12.1 Å². The van der Waals surface area contributed by atoms with E-state index in [0.29, 0.717) is 16.9 Å². The Morgan fingerprint density at radius 3 is 1.80 bits per heavy atom. The minimum Gasteiger partial charge on any atom is -0.408 e. The van der Waals surface area contributed by atoms with Crippen molar-refractivity contribution in [2.75, 3.05) is 10.6 Å². The fourth-order valence-electron chi connectivity index (χ4n) is 2.34. The fraction of sp³-hybridized carbons (Fsp3) is 0. The van der Waals surface area contributed by atoms with Gasteiger partial charge in [0.05, 0.1) is 28.7 Å². The molecule has 3 aromatic rings. The molecule has 0 atom stereocenters. The smallest absolute Gasteiger partial charge is 0.408 e. The van der Waals surface area contributed by atoms with Gasteiger partial charge in [-0.3, -0.25) is 10.6 Å². The third kappa shape index (κ3) is 5.09. The maximum absolute atomic E-state index is 12.0. The van der Waals surface area contributed by atoms with Crippen LogP contribution in [0.25, 0.3) is 0 Å². The molecule has 9 heteroatoms. The van der Waals surface area contributed by atoms with Crippen molar-refractivity contribution in [3.63, 3.8) is 0 Å². The standard InChI is InChI=1S/C21H13N5O4/c22-11-14-5-1-3-7-17(14)25-20(27)29-16-9-10-19(24-13-16)30-21(28)26-18-8-4-2-6-15(18)12-23/h1-10,13H,(H,25,27)(H,26,28). The lowest BCUT2D eigenvalue weighted by Gasteiger charge is -2.09. The number of hydrogen-bond acceptors (Lipinski definition) is 7. The number of benzene rings is 2. The molecule has 3 rings (SSSR count). The first-order chi connectivity index (χ1) is 14.6. The van der Waals surface area contributed by atoms with Crippen molar-refractivity contribution in [2.45, 2.75) is 0 Å². The van der Waals surface area contributed by atoms with Crippen LogP contribution in [0.2, 0.25) is 0 Å². The number of rotatable bonds is 4. The van der Waals surface area contributed by atoms with Crippen LogP contribution in [0.15, 0.2) is 66.9 Å². The van der Waals surface area contributed by atoms with E-state index in [1.54, 1.807) is 48.5 Å².